The SMILES string of the molecule is CCC1(COCCOCCOCCOCCOCC2(CC)COC2)COC1. The second-order valence-corrected chi connectivity index (χ2v) is 7.63. The lowest BCUT2D eigenvalue weighted by atomic mass is 9.84. The summed E-state index contributed by atoms with van der Waals surface area (Å²) in [7, 11) is 0. The molecule has 0 aromatic carbocycles. The first kappa shape index (κ1) is 23.0. The van der Waals surface area contributed by atoms with E-state index < -0.39 is 0 Å². The van der Waals surface area contributed by atoms with Crippen LogP contribution in [0.4, 0.5) is 0 Å². The van der Waals surface area contributed by atoms with Gasteiger partial charge in [0.15, 0.2) is 0 Å². The number of hydrogen-bond acceptors (Lipinski definition) is 7. The molecule has 0 radical (unpaired) electrons. The summed E-state index contributed by atoms with van der Waals surface area (Å²) in [6.07, 6.45) is 2.20. The Morgan fingerprint density at radius 2 is 0.815 bits per heavy atom. The van der Waals surface area contributed by atoms with Crippen LogP contribution in [-0.4, -0.2) is 92.5 Å². The molecule has 27 heavy (non-hydrogen) atoms. The van der Waals surface area contributed by atoms with Gasteiger partial charge >= 0.3 is 0 Å². The van der Waals surface area contributed by atoms with Gasteiger partial charge in [-0.1, -0.05) is 13.8 Å². The van der Waals surface area contributed by atoms with Crippen molar-refractivity contribution in [1.82, 2.24) is 0 Å². The molecule has 0 unspecified atom stereocenters. The van der Waals surface area contributed by atoms with Gasteiger partial charge in [-0.2, -0.15) is 0 Å². The fourth-order valence-corrected chi connectivity index (χ4v) is 2.92. The minimum Gasteiger partial charge on any atom is -0.380 e. The van der Waals surface area contributed by atoms with Gasteiger partial charge < -0.3 is 33.2 Å². The second-order valence-electron chi connectivity index (χ2n) is 7.63. The molecule has 0 N–H and O–H groups in total. The van der Waals surface area contributed by atoms with E-state index in [1.54, 1.807) is 0 Å². The summed E-state index contributed by atoms with van der Waals surface area (Å²) in [5, 5.41) is 0. The highest BCUT2D eigenvalue weighted by Gasteiger charge is 2.37. The maximum Gasteiger partial charge on any atom is 0.0701 e. The van der Waals surface area contributed by atoms with E-state index in [4.69, 9.17) is 33.2 Å². The highest BCUT2D eigenvalue weighted by atomic mass is 16.6. The van der Waals surface area contributed by atoms with E-state index in [2.05, 4.69) is 13.8 Å². The summed E-state index contributed by atoms with van der Waals surface area (Å²) >= 11 is 0. The molecule has 2 fully saturated rings. The Kier molecular flexibility index (Phi) is 11.1. The Morgan fingerprint density at radius 1 is 0.519 bits per heavy atom. The van der Waals surface area contributed by atoms with Crippen LogP contribution in [0.15, 0.2) is 0 Å². The molecule has 160 valence electrons. The van der Waals surface area contributed by atoms with Gasteiger partial charge in [0.25, 0.3) is 0 Å². The third kappa shape index (κ3) is 8.31. The molecule has 0 aromatic heterocycles. The van der Waals surface area contributed by atoms with Crippen molar-refractivity contribution in [2.75, 3.05) is 92.5 Å². The van der Waals surface area contributed by atoms with E-state index in [1.807, 2.05) is 0 Å². The van der Waals surface area contributed by atoms with Gasteiger partial charge in [-0.3, -0.25) is 0 Å². The van der Waals surface area contributed by atoms with Crippen LogP contribution in [0.25, 0.3) is 0 Å². The van der Waals surface area contributed by atoms with E-state index in [0.29, 0.717) is 52.9 Å². The van der Waals surface area contributed by atoms with E-state index in [0.717, 1.165) is 52.5 Å². The largest absolute Gasteiger partial charge is 0.380 e. The lowest BCUT2D eigenvalue weighted by molar-refractivity contribution is -0.153. The molecule has 0 amide bonds. The van der Waals surface area contributed by atoms with Crippen LogP contribution in [0.5, 0.6) is 0 Å². The van der Waals surface area contributed by atoms with Crippen molar-refractivity contribution in [2.24, 2.45) is 10.8 Å². The Balaban J connectivity index is 1.25. The molecule has 7 nitrogen and oxygen atoms in total. The van der Waals surface area contributed by atoms with Crippen molar-refractivity contribution < 1.29 is 33.2 Å². The van der Waals surface area contributed by atoms with Gasteiger partial charge in [-0.05, 0) is 12.8 Å². The fourth-order valence-electron chi connectivity index (χ4n) is 2.92. The van der Waals surface area contributed by atoms with Crippen LogP contribution in [0.2, 0.25) is 0 Å². The molecule has 2 aliphatic rings. The van der Waals surface area contributed by atoms with Crippen LogP contribution >= 0.6 is 0 Å². The van der Waals surface area contributed by atoms with Gasteiger partial charge in [0.05, 0.1) is 92.5 Å². The van der Waals surface area contributed by atoms with Crippen LogP contribution in [-0.2, 0) is 33.2 Å². The molecular weight excluding hydrogens is 352 g/mol. The van der Waals surface area contributed by atoms with Crippen LogP contribution < -0.4 is 0 Å². The monoisotopic (exact) mass is 390 g/mol. The maximum atomic E-state index is 5.68. The zero-order valence-corrected chi connectivity index (χ0v) is 17.2. The molecular formula is C20H38O7. The van der Waals surface area contributed by atoms with Gasteiger partial charge in [-0.25, -0.2) is 0 Å². The predicted octanol–water partition coefficient (Wildman–Crippen LogP) is 1.92. The molecule has 0 atom stereocenters. The van der Waals surface area contributed by atoms with Crippen molar-refractivity contribution in [3.05, 3.63) is 0 Å². The highest BCUT2D eigenvalue weighted by molar-refractivity contribution is 4.84. The lowest BCUT2D eigenvalue weighted by Crippen LogP contribution is -2.45. The first-order valence-electron chi connectivity index (χ1n) is 10.3. The summed E-state index contributed by atoms with van der Waals surface area (Å²) in [6, 6.07) is 0. The molecule has 2 heterocycles. The Morgan fingerprint density at radius 3 is 1.04 bits per heavy atom. The molecule has 0 spiro atoms. The van der Waals surface area contributed by atoms with Crippen molar-refractivity contribution in [3.63, 3.8) is 0 Å². The van der Waals surface area contributed by atoms with E-state index in [1.165, 1.54) is 0 Å². The summed E-state index contributed by atoms with van der Waals surface area (Å²) in [6.45, 7) is 13.9. The predicted molar refractivity (Wildman–Crippen MR) is 101 cm³/mol. The lowest BCUT2D eigenvalue weighted by Gasteiger charge is -2.40. The van der Waals surface area contributed by atoms with Crippen LogP contribution in [0.1, 0.15) is 26.7 Å². The van der Waals surface area contributed by atoms with Gasteiger partial charge in [0.2, 0.25) is 0 Å². The fraction of sp³-hybridized carbons (Fsp3) is 1.00. The molecule has 7 heteroatoms. The smallest absolute Gasteiger partial charge is 0.0701 e. The molecule has 0 saturated carbocycles. The summed E-state index contributed by atoms with van der Waals surface area (Å²) in [5.74, 6) is 0. The molecule has 2 aliphatic heterocycles. The molecule has 0 aliphatic carbocycles. The molecule has 2 rings (SSSR count). The van der Waals surface area contributed by atoms with Crippen molar-refractivity contribution in [2.45, 2.75) is 26.7 Å². The van der Waals surface area contributed by atoms with Crippen molar-refractivity contribution in [1.29, 1.82) is 0 Å². The number of ether oxygens (including phenoxy) is 7. The highest BCUT2D eigenvalue weighted by Crippen LogP contribution is 2.31. The van der Waals surface area contributed by atoms with Crippen LogP contribution in [0, 0.1) is 10.8 Å². The average Bonchev–Trinajstić information content (AvgIpc) is 2.62. The zero-order valence-electron chi connectivity index (χ0n) is 17.2. The Labute approximate surface area is 163 Å². The van der Waals surface area contributed by atoms with Crippen molar-refractivity contribution in [3.8, 4) is 0 Å². The third-order valence-corrected chi connectivity index (χ3v) is 5.44. The van der Waals surface area contributed by atoms with E-state index >= 15 is 0 Å². The first-order valence-corrected chi connectivity index (χ1v) is 10.3. The Bertz CT molecular complexity index is 324. The average molecular weight is 391 g/mol. The number of rotatable bonds is 18. The zero-order chi connectivity index (χ0) is 19.3. The van der Waals surface area contributed by atoms with Gasteiger partial charge in [0.1, 0.15) is 0 Å². The van der Waals surface area contributed by atoms with Crippen molar-refractivity contribution >= 4 is 0 Å². The number of hydrogen-bond donors (Lipinski definition) is 0. The quantitative estimate of drug-likeness (QED) is 0.331. The normalized spacial score (nSPS) is 20.2. The van der Waals surface area contributed by atoms with E-state index in [-0.39, 0.29) is 10.8 Å². The van der Waals surface area contributed by atoms with Gasteiger partial charge in [-0.15, -0.1) is 0 Å². The minimum absolute atomic E-state index is 0.247. The summed E-state index contributed by atoms with van der Waals surface area (Å²) in [4.78, 5) is 0. The second kappa shape index (κ2) is 13.0. The molecule has 0 aromatic rings. The molecule has 2 saturated heterocycles. The topological polar surface area (TPSA) is 64.6 Å². The van der Waals surface area contributed by atoms with Crippen LogP contribution in [0.3, 0.4) is 0 Å². The Hall–Kier alpha value is -0.280. The minimum atomic E-state index is 0.247. The standard InChI is InChI=1S/C20H38O7/c1-3-19(15-26-16-19)13-24-11-9-22-7-5-21-6-8-23-10-12-25-14-20(4-2)17-27-18-20/h3-18H2,1-2H3. The summed E-state index contributed by atoms with van der Waals surface area (Å²) in [5.41, 5.74) is 0.494. The maximum absolute atomic E-state index is 5.68. The third-order valence-electron chi connectivity index (χ3n) is 5.44. The molecule has 0 bridgehead atoms. The van der Waals surface area contributed by atoms with Gasteiger partial charge in [0, 0.05) is 10.8 Å². The first-order chi connectivity index (χ1) is 13.2. The van der Waals surface area contributed by atoms with E-state index in [9.17, 15) is 0 Å². The summed E-state index contributed by atoms with van der Waals surface area (Å²) < 4.78 is 38.4.